The predicted octanol–water partition coefficient (Wildman–Crippen LogP) is 2.09. The summed E-state index contributed by atoms with van der Waals surface area (Å²) in [4.78, 5) is 17.1. The Kier molecular flexibility index (Phi) is 7.21. The third-order valence-electron chi connectivity index (χ3n) is 5.92. The Morgan fingerprint density at radius 3 is 2.18 bits per heavy atom. The van der Waals surface area contributed by atoms with Gasteiger partial charge in [-0.15, -0.1) is 0 Å². The number of Topliss-reactive ketones (excluding diaryl/α,β-unsaturated/α-hetero) is 1. The molecule has 2 saturated heterocycles. The highest BCUT2D eigenvalue weighted by atomic mass is 16.5. The number of ether oxygens (including phenoxy) is 3. The molecule has 4 rings (SSSR count). The molecule has 170 valence electrons. The zero-order chi connectivity index (χ0) is 23.2. The molecule has 2 atom stereocenters. The summed E-state index contributed by atoms with van der Waals surface area (Å²) in [7, 11) is 1.60. The molecule has 33 heavy (non-hydrogen) atoms. The van der Waals surface area contributed by atoms with Crippen molar-refractivity contribution in [2.75, 3.05) is 53.0 Å². The molecule has 2 unspecified atom stereocenters. The van der Waals surface area contributed by atoms with Gasteiger partial charge < -0.3 is 14.2 Å². The maximum atomic E-state index is 12.7. The number of ketones is 1. The van der Waals surface area contributed by atoms with Gasteiger partial charge in [0.25, 0.3) is 0 Å². The average Bonchev–Trinajstić information content (AvgIpc) is 2.83. The van der Waals surface area contributed by atoms with Crippen molar-refractivity contribution in [3.8, 4) is 23.6 Å². The van der Waals surface area contributed by atoms with Crippen LogP contribution in [0, 0.1) is 22.7 Å². The van der Waals surface area contributed by atoms with Gasteiger partial charge in [0.05, 0.1) is 37.0 Å². The minimum absolute atomic E-state index is 0.0298. The average molecular weight is 447 g/mol. The van der Waals surface area contributed by atoms with Crippen LogP contribution in [0.25, 0.3) is 0 Å². The molecule has 0 N–H and O–H groups in total. The third-order valence-corrected chi connectivity index (χ3v) is 5.92. The van der Waals surface area contributed by atoms with Crippen molar-refractivity contribution >= 4 is 5.78 Å². The van der Waals surface area contributed by atoms with Crippen LogP contribution in [0.5, 0.6) is 11.5 Å². The van der Waals surface area contributed by atoms with Crippen LogP contribution in [0.3, 0.4) is 0 Å². The van der Waals surface area contributed by atoms with Crippen LogP contribution >= 0.6 is 0 Å². The van der Waals surface area contributed by atoms with Crippen LogP contribution in [0.15, 0.2) is 42.5 Å². The van der Waals surface area contributed by atoms with Crippen LogP contribution in [0.1, 0.15) is 21.5 Å². The molecule has 8 heteroatoms. The lowest BCUT2D eigenvalue weighted by atomic mass is 10.1. The Morgan fingerprint density at radius 2 is 1.61 bits per heavy atom. The van der Waals surface area contributed by atoms with E-state index in [1.54, 1.807) is 49.6 Å². The number of nitriles is 2. The largest absolute Gasteiger partial charge is 0.497 e. The van der Waals surface area contributed by atoms with Gasteiger partial charge in [-0.25, -0.2) is 0 Å². The number of hydrogen-bond acceptors (Lipinski definition) is 8. The van der Waals surface area contributed by atoms with Gasteiger partial charge in [0.1, 0.15) is 24.5 Å². The van der Waals surface area contributed by atoms with E-state index < -0.39 is 0 Å². The van der Waals surface area contributed by atoms with Crippen LogP contribution < -0.4 is 9.47 Å². The van der Waals surface area contributed by atoms with Gasteiger partial charge in [0.2, 0.25) is 0 Å². The number of carbonyl (C=O) groups is 1. The molecule has 2 aromatic rings. The molecule has 8 nitrogen and oxygen atoms in total. The smallest absolute Gasteiger partial charge is 0.176 e. The third kappa shape index (κ3) is 5.50. The van der Waals surface area contributed by atoms with E-state index in [-0.39, 0.29) is 18.0 Å². The van der Waals surface area contributed by atoms with Crippen molar-refractivity contribution in [2.45, 2.75) is 12.2 Å². The molecule has 2 aliphatic heterocycles. The molecule has 2 fully saturated rings. The summed E-state index contributed by atoms with van der Waals surface area (Å²) in [5, 5.41) is 18.6. The fraction of sp³-hybridized carbons (Fsp3) is 0.400. The first kappa shape index (κ1) is 22.8. The maximum Gasteiger partial charge on any atom is 0.176 e. The lowest BCUT2D eigenvalue weighted by Gasteiger charge is -2.45. The molecule has 0 amide bonds. The van der Waals surface area contributed by atoms with E-state index >= 15 is 0 Å². The molecule has 0 aliphatic carbocycles. The molecule has 2 aromatic carbocycles. The lowest BCUT2D eigenvalue weighted by molar-refractivity contribution is -0.137. The number of para-hydroxylation sites is 1. The molecule has 0 saturated carbocycles. The minimum atomic E-state index is 0.0298. The topological polar surface area (TPSA) is 98.8 Å². The van der Waals surface area contributed by atoms with E-state index in [4.69, 9.17) is 14.2 Å². The monoisotopic (exact) mass is 446 g/mol. The number of benzene rings is 2. The summed E-state index contributed by atoms with van der Waals surface area (Å²) in [6, 6.07) is 16.3. The number of methoxy groups -OCH3 is 1. The predicted molar refractivity (Wildman–Crippen MR) is 120 cm³/mol. The van der Waals surface area contributed by atoms with E-state index in [0.717, 1.165) is 18.8 Å². The van der Waals surface area contributed by atoms with E-state index in [0.29, 0.717) is 55.2 Å². The Hall–Kier alpha value is -3.43. The van der Waals surface area contributed by atoms with Gasteiger partial charge >= 0.3 is 0 Å². The summed E-state index contributed by atoms with van der Waals surface area (Å²) < 4.78 is 17.1. The summed E-state index contributed by atoms with van der Waals surface area (Å²) >= 11 is 0. The second-order valence-corrected chi connectivity index (χ2v) is 8.24. The van der Waals surface area contributed by atoms with Crippen molar-refractivity contribution in [2.24, 2.45) is 0 Å². The number of fused-ring (bicyclic) bond motifs is 2. The van der Waals surface area contributed by atoms with Crippen molar-refractivity contribution in [3.63, 3.8) is 0 Å². The highest BCUT2D eigenvalue weighted by molar-refractivity contribution is 5.97. The van der Waals surface area contributed by atoms with Crippen molar-refractivity contribution in [1.29, 1.82) is 10.5 Å². The summed E-state index contributed by atoms with van der Waals surface area (Å²) in [6.45, 7) is 4.32. The van der Waals surface area contributed by atoms with Crippen LogP contribution in [0.2, 0.25) is 0 Å². The fourth-order valence-electron chi connectivity index (χ4n) is 4.39. The second kappa shape index (κ2) is 10.5. The Morgan fingerprint density at radius 1 is 1.00 bits per heavy atom. The molecule has 2 bridgehead atoms. The van der Waals surface area contributed by atoms with Gasteiger partial charge in [-0.3, -0.25) is 14.6 Å². The zero-order valence-electron chi connectivity index (χ0n) is 18.6. The molecule has 0 radical (unpaired) electrons. The van der Waals surface area contributed by atoms with Gasteiger partial charge in [-0.05, 0) is 36.4 Å². The van der Waals surface area contributed by atoms with E-state index in [1.807, 2.05) is 0 Å². The number of hydrogen-bond donors (Lipinski definition) is 0. The first-order valence-corrected chi connectivity index (χ1v) is 10.9. The van der Waals surface area contributed by atoms with Gasteiger partial charge in [-0.2, -0.15) is 10.5 Å². The van der Waals surface area contributed by atoms with Crippen LogP contribution in [-0.2, 0) is 4.74 Å². The molecular formula is C25H26N4O4. The van der Waals surface area contributed by atoms with Crippen LogP contribution in [0.4, 0.5) is 0 Å². The SMILES string of the molecule is COc1ccc(C(=O)CN2CC3CN(CCOc4c(C#N)cccc4C#N)CC(C2)O3)cc1. The first-order valence-electron chi connectivity index (χ1n) is 10.9. The molecular weight excluding hydrogens is 420 g/mol. The fourth-order valence-corrected chi connectivity index (χ4v) is 4.39. The summed E-state index contributed by atoms with van der Waals surface area (Å²) in [5.74, 6) is 1.17. The Balaban J connectivity index is 1.27. The minimum Gasteiger partial charge on any atom is -0.497 e. The van der Waals surface area contributed by atoms with Gasteiger partial charge in [0, 0.05) is 38.3 Å². The Labute approximate surface area is 193 Å². The number of nitrogens with zero attached hydrogens (tertiary/aromatic N) is 4. The van der Waals surface area contributed by atoms with E-state index in [9.17, 15) is 15.3 Å². The molecule has 0 spiro atoms. The molecule has 0 aromatic heterocycles. The quantitative estimate of drug-likeness (QED) is 0.569. The van der Waals surface area contributed by atoms with Gasteiger partial charge in [0.15, 0.2) is 11.5 Å². The van der Waals surface area contributed by atoms with Crippen LogP contribution in [-0.4, -0.2) is 80.8 Å². The number of rotatable bonds is 8. The van der Waals surface area contributed by atoms with Crippen molar-refractivity contribution in [1.82, 2.24) is 9.80 Å². The van der Waals surface area contributed by atoms with Crippen molar-refractivity contribution < 1.29 is 19.0 Å². The lowest BCUT2D eigenvalue weighted by Crippen LogP contribution is -2.60. The van der Waals surface area contributed by atoms with Gasteiger partial charge in [-0.1, -0.05) is 6.07 Å². The highest BCUT2D eigenvalue weighted by Crippen LogP contribution is 2.24. The first-order chi connectivity index (χ1) is 16.1. The summed E-state index contributed by atoms with van der Waals surface area (Å²) in [5.41, 5.74) is 1.41. The maximum absolute atomic E-state index is 12.7. The zero-order valence-corrected chi connectivity index (χ0v) is 18.6. The normalized spacial score (nSPS) is 20.5. The van der Waals surface area contributed by atoms with E-state index in [1.165, 1.54) is 0 Å². The summed E-state index contributed by atoms with van der Waals surface area (Å²) in [6.07, 6.45) is 0.0597. The second-order valence-electron chi connectivity index (χ2n) is 8.24. The molecule has 2 aliphatic rings. The number of morpholine rings is 2. The Bertz CT molecular complexity index is 1030. The standard InChI is InChI=1S/C25H26N4O4/c1-31-21-7-5-18(6-8-21)24(30)17-29-15-22-13-28(14-23(16-29)33-22)9-10-32-25-19(11-26)3-2-4-20(25)12-27/h2-8,22-23H,9-10,13-17H2,1H3. The highest BCUT2D eigenvalue weighted by Gasteiger charge is 2.35. The molecule has 2 heterocycles. The number of carbonyl (C=O) groups excluding carboxylic acids is 1. The van der Waals surface area contributed by atoms with Crippen molar-refractivity contribution in [3.05, 3.63) is 59.2 Å². The van der Waals surface area contributed by atoms with E-state index in [2.05, 4.69) is 21.9 Å².